The second kappa shape index (κ2) is 17.0. The van der Waals surface area contributed by atoms with Crippen LogP contribution >= 0.6 is 11.8 Å². The zero-order chi connectivity index (χ0) is 32.1. The van der Waals surface area contributed by atoms with Gasteiger partial charge in [-0.15, -0.1) is 22.0 Å². The summed E-state index contributed by atoms with van der Waals surface area (Å²) < 4.78 is 13.4. The molecule has 0 unspecified atom stereocenters. The topological polar surface area (TPSA) is 81.5 Å². The number of hydrogen-bond acceptors (Lipinski definition) is 7. The van der Waals surface area contributed by atoms with Crippen LogP contribution in [0, 0.1) is 5.92 Å². The maximum absolute atomic E-state index is 13.6. The van der Waals surface area contributed by atoms with E-state index in [1.165, 1.54) is 0 Å². The molecule has 1 N–H and O–H groups in total. The summed E-state index contributed by atoms with van der Waals surface area (Å²) >= 11 is 1.76. The fraction of sp³-hybridized carbons (Fsp3) is 0.378. The van der Waals surface area contributed by atoms with Crippen molar-refractivity contribution in [2.24, 2.45) is 5.92 Å². The van der Waals surface area contributed by atoms with E-state index in [1.807, 2.05) is 28.8 Å². The molecule has 0 saturated heterocycles. The van der Waals surface area contributed by atoms with E-state index in [0.29, 0.717) is 25.6 Å². The van der Waals surface area contributed by atoms with Crippen molar-refractivity contribution in [3.05, 3.63) is 90.5 Å². The number of thioether (sulfide) groups is 1. The average Bonchev–Trinajstić information content (AvgIpc) is 3.52. The molecule has 0 bridgehead atoms. The van der Waals surface area contributed by atoms with E-state index in [4.69, 9.17) is 9.47 Å². The van der Waals surface area contributed by atoms with Gasteiger partial charge in [-0.3, -0.25) is 4.79 Å². The Hall–Kier alpha value is -4.08. The van der Waals surface area contributed by atoms with Gasteiger partial charge in [-0.2, -0.15) is 0 Å². The van der Waals surface area contributed by atoms with E-state index in [-0.39, 0.29) is 5.91 Å². The molecule has 0 spiro atoms. The summed E-state index contributed by atoms with van der Waals surface area (Å²) in [5.41, 5.74) is 6.01. The lowest BCUT2D eigenvalue weighted by atomic mass is 10.00. The first-order chi connectivity index (χ1) is 22.5. The first kappa shape index (κ1) is 33.3. The summed E-state index contributed by atoms with van der Waals surface area (Å²) in [5.74, 6) is 2.19. The first-order valence-electron chi connectivity index (χ1n) is 16.3. The molecule has 0 radical (unpaired) electrons. The summed E-state index contributed by atoms with van der Waals surface area (Å²) in [7, 11) is 0. The third-order valence-electron chi connectivity index (χ3n) is 7.75. The maximum Gasteiger partial charge on any atom is 0.251 e. The van der Waals surface area contributed by atoms with E-state index >= 15 is 0 Å². The molecule has 1 aliphatic heterocycles. The number of carbonyl (C=O) groups excluding carboxylic acids is 1. The Morgan fingerprint density at radius 1 is 0.957 bits per heavy atom. The van der Waals surface area contributed by atoms with E-state index in [1.54, 1.807) is 24.4 Å². The molecule has 0 aliphatic carbocycles. The molecule has 8 nitrogen and oxygen atoms in total. The van der Waals surface area contributed by atoms with E-state index in [2.05, 4.69) is 89.7 Å². The van der Waals surface area contributed by atoms with Crippen LogP contribution in [0.25, 0.3) is 17.2 Å². The zero-order valence-electron chi connectivity index (χ0n) is 27.2. The van der Waals surface area contributed by atoms with Crippen LogP contribution < -0.4 is 15.0 Å². The third-order valence-corrected chi connectivity index (χ3v) is 8.74. The fourth-order valence-electron chi connectivity index (χ4n) is 5.35. The minimum atomic E-state index is -0.0593. The molecule has 4 aromatic rings. The Morgan fingerprint density at radius 3 is 2.46 bits per heavy atom. The molecule has 3 aromatic carbocycles. The number of nitrogens with one attached hydrogen (secondary N) is 1. The molecular formula is C37H45N5O3S. The molecule has 1 aromatic heterocycles. The van der Waals surface area contributed by atoms with Crippen LogP contribution in [0.3, 0.4) is 0 Å². The lowest BCUT2D eigenvalue weighted by Crippen LogP contribution is -2.29. The Morgan fingerprint density at radius 2 is 1.72 bits per heavy atom. The minimum Gasteiger partial charge on any atom is -0.491 e. The molecule has 1 aliphatic rings. The van der Waals surface area contributed by atoms with Gasteiger partial charge in [0.1, 0.15) is 25.0 Å². The SMILES string of the molecule is CCCCOCCOc1ccc(-c2ccc3c(c2)C=C(C(=O)Nc2ccc(SCCn4cnnc4)cc2)CCN3CC(C)C)cc1. The minimum absolute atomic E-state index is 0.0593. The standard InChI is InChI=1S/C37H45N5O3S/c1-4-5-19-44-20-21-45-34-11-6-29(7-12-34)30-8-15-36-32(23-30)24-31(16-17-42(36)25-28(2)3)37(43)40-33-9-13-35(14-10-33)46-22-18-41-26-38-39-27-41/h6-15,23-24,26-28H,4-5,16-22,25H2,1-3H3,(H,40,43). The second-order valence-electron chi connectivity index (χ2n) is 11.9. The number of anilines is 2. The summed E-state index contributed by atoms with van der Waals surface area (Å²) in [6.45, 7) is 11.1. The van der Waals surface area contributed by atoms with Gasteiger partial charge in [-0.1, -0.05) is 45.4 Å². The van der Waals surface area contributed by atoms with Gasteiger partial charge >= 0.3 is 0 Å². The van der Waals surface area contributed by atoms with Crippen molar-refractivity contribution in [1.82, 2.24) is 14.8 Å². The van der Waals surface area contributed by atoms with Crippen molar-refractivity contribution in [2.75, 3.05) is 48.9 Å². The van der Waals surface area contributed by atoms with Crippen LogP contribution in [0.1, 0.15) is 45.6 Å². The van der Waals surface area contributed by atoms with E-state index < -0.39 is 0 Å². The number of amides is 1. The highest BCUT2D eigenvalue weighted by molar-refractivity contribution is 7.99. The number of unbranched alkanes of at least 4 members (excludes halogenated alkanes) is 1. The van der Waals surface area contributed by atoms with E-state index in [9.17, 15) is 4.79 Å². The lowest BCUT2D eigenvalue weighted by molar-refractivity contribution is -0.112. The van der Waals surface area contributed by atoms with Gasteiger partial charge < -0.3 is 24.3 Å². The molecule has 242 valence electrons. The largest absolute Gasteiger partial charge is 0.491 e. The second-order valence-corrected chi connectivity index (χ2v) is 13.1. The molecular weight excluding hydrogens is 595 g/mol. The van der Waals surface area contributed by atoms with Crippen molar-refractivity contribution in [1.29, 1.82) is 0 Å². The van der Waals surface area contributed by atoms with Gasteiger partial charge in [0.15, 0.2) is 0 Å². The Kier molecular flexibility index (Phi) is 12.3. The van der Waals surface area contributed by atoms with Crippen LogP contribution in [0.4, 0.5) is 11.4 Å². The fourth-order valence-corrected chi connectivity index (χ4v) is 6.21. The molecule has 46 heavy (non-hydrogen) atoms. The number of nitrogens with zero attached hydrogens (tertiary/aromatic N) is 4. The molecule has 2 heterocycles. The summed E-state index contributed by atoms with van der Waals surface area (Å²) in [4.78, 5) is 17.1. The van der Waals surface area contributed by atoms with Gasteiger partial charge in [0.05, 0.1) is 6.61 Å². The number of hydrogen-bond donors (Lipinski definition) is 1. The summed E-state index contributed by atoms with van der Waals surface area (Å²) in [5, 5.41) is 10.8. The highest BCUT2D eigenvalue weighted by atomic mass is 32.2. The average molecular weight is 640 g/mol. The number of rotatable bonds is 16. The smallest absolute Gasteiger partial charge is 0.251 e. The molecule has 5 rings (SSSR count). The predicted molar refractivity (Wildman–Crippen MR) is 189 cm³/mol. The first-order valence-corrected chi connectivity index (χ1v) is 17.2. The predicted octanol–water partition coefficient (Wildman–Crippen LogP) is 7.82. The van der Waals surface area contributed by atoms with Gasteiger partial charge in [0.25, 0.3) is 5.91 Å². The number of fused-ring (bicyclic) bond motifs is 1. The van der Waals surface area contributed by atoms with Crippen LogP contribution in [0.15, 0.2) is 89.9 Å². The normalized spacial score (nSPS) is 12.9. The molecule has 1 amide bonds. The van der Waals surface area contributed by atoms with Gasteiger partial charge in [-0.25, -0.2) is 0 Å². The number of carbonyl (C=O) groups is 1. The quantitative estimate of drug-likeness (QED) is 0.0989. The third kappa shape index (κ3) is 9.71. The molecule has 0 saturated carbocycles. The molecule has 0 atom stereocenters. The molecule has 9 heteroatoms. The van der Waals surface area contributed by atoms with Crippen LogP contribution in [-0.2, 0) is 16.1 Å². The molecule has 0 fully saturated rings. The van der Waals surface area contributed by atoms with Crippen LogP contribution in [0.5, 0.6) is 5.75 Å². The van der Waals surface area contributed by atoms with Gasteiger partial charge in [0.2, 0.25) is 0 Å². The number of benzene rings is 3. The van der Waals surface area contributed by atoms with Gasteiger partial charge in [-0.05, 0) is 90.1 Å². The van der Waals surface area contributed by atoms with Crippen molar-refractivity contribution >= 4 is 35.1 Å². The highest BCUT2D eigenvalue weighted by Crippen LogP contribution is 2.34. The maximum atomic E-state index is 13.6. The van der Waals surface area contributed by atoms with Gasteiger partial charge in [0, 0.05) is 53.8 Å². The lowest BCUT2D eigenvalue weighted by Gasteiger charge is -2.27. The van der Waals surface area contributed by atoms with Crippen LogP contribution in [-0.4, -0.2) is 59.3 Å². The summed E-state index contributed by atoms with van der Waals surface area (Å²) in [6, 6.07) is 22.8. The van der Waals surface area contributed by atoms with Crippen LogP contribution in [0.2, 0.25) is 0 Å². The van der Waals surface area contributed by atoms with Crippen molar-refractivity contribution in [3.63, 3.8) is 0 Å². The highest BCUT2D eigenvalue weighted by Gasteiger charge is 2.21. The van der Waals surface area contributed by atoms with Crippen molar-refractivity contribution in [2.45, 2.75) is 51.5 Å². The monoisotopic (exact) mass is 639 g/mol. The number of aromatic nitrogens is 3. The zero-order valence-corrected chi connectivity index (χ0v) is 28.0. The van der Waals surface area contributed by atoms with Crippen molar-refractivity contribution in [3.8, 4) is 16.9 Å². The number of ether oxygens (including phenoxy) is 2. The Balaban J connectivity index is 1.25. The van der Waals surface area contributed by atoms with E-state index in [0.717, 1.165) is 89.1 Å². The van der Waals surface area contributed by atoms with Crippen molar-refractivity contribution < 1.29 is 14.3 Å². The Labute approximate surface area is 277 Å². The summed E-state index contributed by atoms with van der Waals surface area (Å²) in [6.07, 6.45) is 8.40. The number of aryl methyl sites for hydroxylation is 1. The Bertz CT molecular complexity index is 1550.